The molecule has 0 aliphatic rings. The predicted molar refractivity (Wildman–Crippen MR) is 89.2 cm³/mol. The van der Waals surface area contributed by atoms with Gasteiger partial charge in [0, 0.05) is 31.2 Å². The van der Waals surface area contributed by atoms with Gasteiger partial charge in [0.05, 0.1) is 0 Å². The molecule has 5 nitrogen and oxygen atoms in total. The second-order valence-corrected chi connectivity index (χ2v) is 5.16. The van der Waals surface area contributed by atoms with E-state index in [1.165, 1.54) is 0 Å². The van der Waals surface area contributed by atoms with Crippen LogP contribution < -0.4 is 15.5 Å². The van der Waals surface area contributed by atoms with Crippen LogP contribution in [0.5, 0.6) is 0 Å². The summed E-state index contributed by atoms with van der Waals surface area (Å²) in [6.45, 7) is 1.87. The highest BCUT2D eigenvalue weighted by Crippen LogP contribution is 2.16. The van der Waals surface area contributed by atoms with Crippen molar-refractivity contribution in [1.82, 2.24) is 0 Å². The second-order valence-electron chi connectivity index (χ2n) is 5.16. The van der Waals surface area contributed by atoms with E-state index in [4.69, 9.17) is 0 Å². The fourth-order valence-corrected chi connectivity index (χ4v) is 1.92. The average Bonchev–Trinajstić information content (AvgIpc) is 2.50. The van der Waals surface area contributed by atoms with Crippen LogP contribution in [-0.4, -0.2) is 25.9 Å². The molecule has 0 spiro atoms. The number of benzene rings is 2. The molecule has 2 amide bonds. The summed E-state index contributed by atoms with van der Waals surface area (Å²) in [6, 6.07) is 14.6. The highest BCUT2D eigenvalue weighted by Gasteiger charge is 2.14. The maximum absolute atomic E-state index is 11.9. The van der Waals surface area contributed by atoms with Gasteiger partial charge in [-0.1, -0.05) is 18.2 Å². The predicted octanol–water partition coefficient (Wildman–Crippen LogP) is 2.64. The first-order valence-corrected chi connectivity index (χ1v) is 6.92. The third-order valence-corrected chi connectivity index (χ3v) is 3.24. The summed E-state index contributed by atoms with van der Waals surface area (Å²) in [6.07, 6.45) is 0. The molecule has 0 aliphatic carbocycles. The first-order chi connectivity index (χ1) is 10.5. The number of para-hydroxylation sites is 1. The zero-order chi connectivity index (χ0) is 16.1. The van der Waals surface area contributed by atoms with Crippen molar-refractivity contribution in [1.29, 1.82) is 0 Å². The molecule has 0 saturated heterocycles. The SMILES string of the molecule is Cc1ccccc1NC(=O)C(=O)Nc1ccc(N(C)C)cc1. The van der Waals surface area contributed by atoms with Gasteiger partial charge in [0.1, 0.15) is 0 Å². The minimum atomic E-state index is -0.694. The Kier molecular flexibility index (Phi) is 4.78. The number of hydrogen-bond acceptors (Lipinski definition) is 3. The molecule has 0 aliphatic heterocycles. The number of nitrogens with zero attached hydrogens (tertiary/aromatic N) is 1. The molecule has 0 bridgehead atoms. The van der Waals surface area contributed by atoms with Crippen molar-refractivity contribution in [3.8, 4) is 0 Å². The van der Waals surface area contributed by atoms with E-state index >= 15 is 0 Å². The van der Waals surface area contributed by atoms with Crippen molar-refractivity contribution in [2.45, 2.75) is 6.92 Å². The lowest BCUT2D eigenvalue weighted by atomic mass is 10.2. The summed E-state index contributed by atoms with van der Waals surface area (Å²) in [5, 5.41) is 5.18. The maximum atomic E-state index is 11.9. The first-order valence-electron chi connectivity index (χ1n) is 6.92. The average molecular weight is 297 g/mol. The van der Waals surface area contributed by atoms with Gasteiger partial charge in [0.25, 0.3) is 0 Å². The topological polar surface area (TPSA) is 61.4 Å². The van der Waals surface area contributed by atoms with Crippen LogP contribution in [0.4, 0.5) is 17.1 Å². The summed E-state index contributed by atoms with van der Waals surface area (Å²) in [5.41, 5.74) is 3.13. The minimum absolute atomic E-state index is 0.579. The first kappa shape index (κ1) is 15.6. The molecule has 2 aromatic rings. The molecule has 0 heterocycles. The Morgan fingerprint density at radius 2 is 1.45 bits per heavy atom. The molecular weight excluding hydrogens is 278 g/mol. The van der Waals surface area contributed by atoms with Crippen molar-refractivity contribution < 1.29 is 9.59 Å². The summed E-state index contributed by atoms with van der Waals surface area (Å²) < 4.78 is 0. The molecule has 2 aromatic carbocycles. The molecular formula is C17H19N3O2. The van der Waals surface area contributed by atoms with Crippen LogP contribution in [-0.2, 0) is 9.59 Å². The highest BCUT2D eigenvalue weighted by atomic mass is 16.2. The molecule has 0 aromatic heterocycles. The number of amides is 2. The summed E-state index contributed by atoms with van der Waals surface area (Å²) in [5.74, 6) is -1.38. The van der Waals surface area contributed by atoms with Crippen molar-refractivity contribution in [2.75, 3.05) is 29.6 Å². The van der Waals surface area contributed by atoms with Gasteiger partial charge in [-0.25, -0.2) is 0 Å². The van der Waals surface area contributed by atoms with Crippen LogP contribution in [0.3, 0.4) is 0 Å². The van der Waals surface area contributed by atoms with Crippen molar-refractivity contribution in [2.24, 2.45) is 0 Å². The van der Waals surface area contributed by atoms with Gasteiger partial charge in [-0.15, -0.1) is 0 Å². The molecule has 0 unspecified atom stereocenters. The van der Waals surface area contributed by atoms with Crippen LogP contribution in [0.15, 0.2) is 48.5 Å². The Hall–Kier alpha value is -2.82. The number of anilines is 3. The lowest BCUT2D eigenvalue weighted by Crippen LogP contribution is -2.29. The summed E-state index contributed by atoms with van der Waals surface area (Å²) >= 11 is 0. The van der Waals surface area contributed by atoms with Crippen LogP contribution in [0.25, 0.3) is 0 Å². The Morgan fingerprint density at radius 1 is 0.864 bits per heavy atom. The lowest BCUT2D eigenvalue weighted by molar-refractivity contribution is -0.133. The largest absolute Gasteiger partial charge is 0.378 e. The molecule has 2 rings (SSSR count). The number of rotatable bonds is 3. The van der Waals surface area contributed by atoms with Gasteiger partial charge in [-0.05, 0) is 42.8 Å². The standard InChI is InChI=1S/C17H19N3O2/c1-12-6-4-5-7-15(12)19-17(22)16(21)18-13-8-10-14(11-9-13)20(2)3/h4-11H,1-3H3,(H,18,21)(H,19,22). The van der Waals surface area contributed by atoms with Gasteiger partial charge in [-0.3, -0.25) is 9.59 Å². The Labute approximate surface area is 129 Å². The van der Waals surface area contributed by atoms with Crippen LogP contribution in [0.1, 0.15) is 5.56 Å². The molecule has 5 heteroatoms. The number of hydrogen-bond donors (Lipinski definition) is 2. The number of aryl methyl sites for hydroxylation is 1. The summed E-state index contributed by atoms with van der Waals surface area (Å²) in [4.78, 5) is 25.8. The molecule has 0 saturated carbocycles. The smallest absolute Gasteiger partial charge is 0.314 e. The number of carbonyl (C=O) groups is 2. The van der Waals surface area contributed by atoms with E-state index in [-0.39, 0.29) is 0 Å². The molecule has 114 valence electrons. The molecule has 0 atom stereocenters. The van der Waals surface area contributed by atoms with E-state index in [2.05, 4.69) is 10.6 Å². The zero-order valence-electron chi connectivity index (χ0n) is 12.9. The van der Waals surface area contributed by atoms with E-state index in [0.717, 1.165) is 11.3 Å². The highest BCUT2D eigenvalue weighted by molar-refractivity contribution is 6.43. The monoisotopic (exact) mass is 297 g/mol. The van der Waals surface area contributed by atoms with E-state index in [0.29, 0.717) is 11.4 Å². The third-order valence-electron chi connectivity index (χ3n) is 3.24. The Balaban J connectivity index is 1.99. The Bertz CT molecular complexity index is 679. The van der Waals surface area contributed by atoms with E-state index < -0.39 is 11.8 Å². The van der Waals surface area contributed by atoms with E-state index in [9.17, 15) is 9.59 Å². The van der Waals surface area contributed by atoms with E-state index in [1.54, 1.807) is 24.3 Å². The molecule has 2 N–H and O–H groups in total. The van der Waals surface area contributed by atoms with Gasteiger partial charge >= 0.3 is 11.8 Å². The van der Waals surface area contributed by atoms with Crippen molar-refractivity contribution in [3.63, 3.8) is 0 Å². The third kappa shape index (κ3) is 3.85. The fourth-order valence-electron chi connectivity index (χ4n) is 1.92. The number of carbonyl (C=O) groups excluding carboxylic acids is 2. The zero-order valence-corrected chi connectivity index (χ0v) is 12.9. The maximum Gasteiger partial charge on any atom is 0.314 e. The van der Waals surface area contributed by atoms with Crippen LogP contribution >= 0.6 is 0 Å². The molecule has 0 fully saturated rings. The normalized spacial score (nSPS) is 9.95. The molecule has 0 radical (unpaired) electrons. The number of nitrogens with one attached hydrogen (secondary N) is 2. The fraction of sp³-hybridized carbons (Fsp3) is 0.176. The quantitative estimate of drug-likeness (QED) is 0.856. The molecule has 22 heavy (non-hydrogen) atoms. The van der Waals surface area contributed by atoms with Crippen LogP contribution in [0.2, 0.25) is 0 Å². The van der Waals surface area contributed by atoms with Gasteiger partial charge in [0.2, 0.25) is 0 Å². The van der Waals surface area contributed by atoms with Crippen molar-refractivity contribution >= 4 is 28.9 Å². The second kappa shape index (κ2) is 6.76. The van der Waals surface area contributed by atoms with Crippen LogP contribution in [0, 0.1) is 6.92 Å². The van der Waals surface area contributed by atoms with Gasteiger partial charge in [-0.2, -0.15) is 0 Å². The van der Waals surface area contributed by atoms with E-state index in [1.807, 2.05) is 50.2 Å². The van der Waals surface area contributed by atoms with Gasteiger partial charge < -0.3 is 15.5 Å². The van der Waals surface area contributed by atoms with Gasteiger partial charge in [0.15, 0.2) is 0 Å². The Morgan fingerprint density at radius 3 is 2.05 bits per heavy atom. The summed E-state index contributed by atoms with van der Waals surface area (Å²) in [7, 11) is 3.87. The lowest BCUT2D eigenvalue weighted by Gasteiger charge is -2.13. The minimum Gasteiger partial charge on any atom is -0.378 e. The van der Waals surface area contributed by atoms with Crippen molar-refractivity contribution in [3.05, 3.63) is 54.1 Å².